The average molecular weight is 264 g/mol. The van der Waals surface area contributed by atoms with E-state index in [9.17, 15) is 4.79 Å². The summed E-state index contributed by atoms with van der Waals surface area (Å²) in [6.45, 7) is 0.433. The Labute approximate surface area is 115 Å². The maximum absolute atomic E-state index is 12.1. The Morgan fingerprint density at radius 3 is 2.80 bits per heavy atom. The van der Waals surface area contributed by atoms with Gasteiger partial charge in [0.25, 0.3) is 5.91 Å². The van der Waals surface area contributed by atoms with Crippen LogP contribution in [0.15, 0.2) is 55.1 Å². The molecule has 3 aromatic rings. The van der Waals surface area contributed by atoms with Crippen molar-refractivity contribution in [3.63, 3.8) is 0 Å². The standard InChI is InChI=1S/C15H12N4O/c20-15(18-9-11-2-1-6-16-8-11)14-4-3-12-10-17-7-5-13(12)19-14/h1-8,10H,9H2,(H,18,20). The molecule has 98 valence electrons. The number of pyridine rings is 3. The predicted octanol–water partition coefficient (Wildman–Crippen LogP) is 1.95. The number of carbonyl (C=O) groups excluding carboxylic acids is 1. The third kappa shape index (κ3) is 2.61. The SMILES string of the molecule is O=C(NCc1cccnc1)c1ccc2cnccc2n1. The van der Waals surface area contributed by atoms with Crippen LogP contribution in [-0.2, 0) is 6.54 Å². The molecule has 0 unspecified atom stereocenters. The Morgan fingerprint density at radius 1 is 1.05 bits per heavy atom. The quantitative estimate of drug-likeness (QED) is 0.785. The van der Waals surface area contributed by atoms with E-state index in [-0.39, 0.29) is 5.91 Å². The molecule has 3 rings (SSSR count). The second kappa shape index (κ2) is 5.44. The summed E-state index contributed by atoms with van der Waals surface area (Å²) in [5, 5.41) is 3.74. The Bertz CT molecular complexity index is 743. The summed E-state index contributed by atoms with van der Waals surface area (Å²) in [6, 6.07) is 9.07. The van der Waals surface area contributed by atoms with Gasteiger partial charge in [-0.2, -0.15) is 0 Å². The number of nitrogens with one attached hydrogen (secondary N) is 1. The van der Waals surface area contributed by atoms with Gasteiger partial charge >= 0.3 is 0 Å². The van der Waals surface area contributed by atoms with Gasteiger partial charge in [0.1, 0.15) is 5.69 Å². The highest BCUT2D eigenvalue weighted by Crippen LogP contribution is 2.10. The van der Waals surface area contributed by atoms with Crippen molar-refractivity contribution >= 4 is 16.8 Å². The lowest BCUT2D eigenvalue weighted by Gasteiger charge is -2.05. The molecule has 1 amide bonds. The number of nitrogens with zero attached hydrogens (tertiary/aromatic N) is 3. The number of rotatable bonds is 3. The molecule has 1 N–H and O–H groups in total. The Kier molecular flexibility index (Phi) is 3.33. The fraction of sp³-hybridized carbons (Fsp3) is 0.0667. The van der Waals surface area contributed by atoms with Gasteiger partial charge in [-0.05, 0) is 29.8 Å². The van der Waals surface area contributed by atoms with Crippen LogP contribution in [0.5, 0.6) is 0 Å². The third-order valence-electron chi connectivity index (χ3n) is 2.90. The zero-order chi connectivity index (χ0) is 13.8. The molecule has 0 fully saturated rings. The summed E-state index contributed by atoms with van der Waals surface area (Å²) < 4.78 is 0. The van der Waals surface area contributed by atoms with Crippen LogP contribution < -0.4 is 5.32 Å². The fourth-order valence-electron chi connectivity index (χ4n) is 1.87. The Balaban J connectivity index is 1.75. The van der Waals surface area contributed by atoms with Crippen molar-refractivity contribution < 1.29 is 4.79 Å². The molecule has 0 aliphatic rings. The molecule has 3 heterocycles. The number of aromatic nitrogens is 3. The van der Waals surface area contributed by atoms with E-state index in [2.05, 4.69) is 20.3 Å². The van der Waals surface area contributed by atoms with Gasteiger partial charge in [0.05, 0.1) is 5.52 Å². The van der Waals surface area contributed by atoms with Crippen LogP contribution >= 0.6 is 0 Å². The highest BCUT2D eigenvalue weighted by molar-refractivity contribution is 5.94. The Hall–Kier alpha value is -2.82. The number of amides is 1. The summed E-state index contributed by atoms with van der Waals surface area (Å²) in [7, 11) is 0. The zero-order valence-electron chi connectivity index (χ0n) is 10.7. The lowest BCUT2D eigenvalue weighted by atomic mass is 10.2. The van der Waals surface area contributed by atoms with Gasteiger partial charge in [-0.3, -0.25) is 14.8 Å². The van der Waals surface area contributed by atoms with Crippen LogP contribution in [0.2, 0.25) is 0 Å². The van der Waals surface area contributed by atoms with Crippen LogP contribution in [-0.4, -0.2) is 20.9 Å². The minimum Gasteiger partial charge on any atom is -0.347 e. The van der Waals surface area contributed by atoms with Gasteiger partial charge in [0.2, 0.25) is 0 Å². The number of hydrogen-bond acceptors (Lipinski definition) is 4. The molecule has 5 nitrogen and oxygen atoms in total. The van der Waals surface area contributed by atoms with Crippen LogP contribution in [0.3, 0.4) is 0 Å². The molecular formula is C15H12N4O. The summed E-state index contributed by atoms with van der Waals surface area (Å²) in [5.41, 5.74) is 2.10. The van der Waals surface area contributed by atoms with Crippen LogP contribution in [0, 0.1) is 0 Å². The van der Waals surface area contributed by atoms with Gasteiger partial charge in [-0.25, -0.2) is 4.98 Å². The first-order valence-electron chi connectivity index (χ1n) is 6.21. The summed E-state index contributed by atoms with van der Waals surface area (Å²) in [6.07, 6.45) is 6.80. The molecule has 0 saturated heterocycles. The van der Waals surface area contributed by atoms with Crippen molar-refractivity contribution in [2.75, 3.05) is 0 Å². The molecule has 0 atom stereocenters. The minimum atomic E-state index is -0.201. The van der Waals surface area contributed by atoms with Gasteiger partial charge in [0, 0.05) is 36.7 Å². The van der Waals surface area contributed by atoms with Crippen LogP contribution in [0.4, 0.5) is 0 Å². The minimum absolute atomic E-state index is 0.201. The Morgan fingerprint density at radius 2 is 1.95 bits per heavy atom. The average Bonchev–Trinajstić information content (AvgIpc) is 2.53. The van der Waals surface area contributed by atoms with Gasteiger partial charge in [0.15, 0.2) is 0 Å². The molecule has 0 aromatic carbocycles. The number of hydrogen-bond donors (Lipinski definition) is 1. The fourth-order valence-corrected chi connectivity index (χ4v) is 1.87. The lowest BCUT2D eigenvalue weighted by molar-refractivity contribution is 0.0946. The lowest BCUT2D eigenvalue weighted by Crippen LogP contribution is -2.23. The maximum atomic E-state index is 12.1. The van der Waals surface area contributed by atoms with E-state index < -0.39 is 0 Å². The molecule has 0 bridgehead atoms. The molecule has 0 saturated carbocycles. The van der Waals surface area contributed by atoms with Gasteiger partial charge in [-0.1, -0.05) is 6.07 Å². The molecular weight excluding hydrogens is 252 g/mol. The van der Waals surface area contributed by atoms with Crippen molar-refractivity contribution in [1.82, 2.24) is 20.3 Å². The predicted molar refractivity (Wildman–Crippen MR) is 74.9 cm³/mol. The van der Waals surface area contributed by atoms with E-state index >= 15 is 0 Å². The molecule has 0 aliphatic carbocycles. The van der Waals surface area contributed by atoms with E-state index in [4.69, 9.17) is 0 Å². The van der Waals surface area contributed by atoms with Crippen LogP contribution in [0.25, 0.3) is 10.9 Å². The maximum Gasteiger partial charge on any atom is 0.270 e. The first-order chi connectivity index (χ1) is 9.83. The van der Waals surface area contributed by atoms with Gasteiger partial charge < -0.3 is 5.32 Å². The topological polar surface area (TPSA) is 67.8 Å². The smallest absolute Gasteiger partial charge is 0.270 e. The highest BCUT2D eigenvalue weighted by Gasteiger charge is 2.07. The summed E-state index contributed by atoms with van der Waals surface area (Å²) >= 11 is 0. The normalized spacial score (nSPS) is 10.4. The second-order valence-corrected chi connectivity index (χ2v) is 4.31. The van der Waals surface area contributed by atoms with Gasteiger partial charge in [-0.15, -0.1) is 0 Å². The van der Waals surface area contributed by atoms with E-state index in [1.165, 1.54) is 0 Å². The molecule has 0 aliphatic heterocycles. The molecule has 0 radical (unpaired) electrons. The van der Waals surface area contributed by atoms with Crippen molar-refractivity contribution in [2.24, 2.45) is 0 Å². The van der Waals surface area contributed by atoms with E-state index in [1.54, 1.807) is 36.9 Å². The van der Waals surface area contributed by atoms with Crippen molar-refractivity contribution in [1.29, 1.82) is 0 Å². The first-order valence-corrected chi connectivity index (χ1v) is 6.21. The van der Waals surface area contributed by atoms with E-state index in [1.807, 2.05) is 18.2 Å². The molecule has 3 aromatic heterocycles. The van der Waals surface area contributed by atoms with Crippen molar-refractivity contribution in [3.05, 3.63) is 66.4 Å². The van der Waals surface area contributed by atoms with Crippen LogP contribution in [0.1, 0.15) is 16.1 Å². The second-order valence-electron chi connectivity index (χ2n) is 4.31. The summed E-state index contributed by atoms with van der Waals surface area (Å²) in [4.78, 5) is 24.4. The zero-order valence-corrected chi connectivity index (χ0v) is 10.7. The highest BCUT2D eigenvalue weighted by atomic mass is 16.1. The van der Waals surface area contributed by atoms with E-state index in [0.717, 1.165) is 16.5 Å². The van der Waals surface area contributed by atoms with Crippen molar-refractivity contribution in [3.8, 4) is 0 Å². The molecule has 5 heteroatoms. The molecule has 0 spiro atoms. The monoisotopic (exact) mass is 264 g/mol. The van der Waals surface area contributed by atoms with E-state index in [0.29, 0.717) is 12.2 Å². The molecule has 20 heavy (non-hydrogen) atoms. The first kappa shape index (κ1) is 12.2. The largest absolute Gasteiger partial charge is 0.347 e. The number of fused-ring (bicyclic) bond motifs is 1. The number of carbonyl (C=O) groups is 1. The third-order valence-corrected chi connectivity index (χ3v) is 2.90. The summed E-state index contributed by atoms with van der Waals surface area (Å²) in [5.74, 6) is -0.201. The van der Waals surface area contributed by atoms with Crippen molar-refractivity contribution in [2.45, 2.75) is 6.54 Å².